The summed E-state index contributed by atoms with van der Waals surface area (Å²) < 4.78 is 32.0. The Balaban J connectivity index is 2.20. The Morgan fingerprint density at radius 1 is 0.950 bits per heavy atom. The third kappa shape index (κ3) is 2.03. The van der Waals surface area contributed by atoms with Crippen LogP contribution in [0.15, 0.2) is 53.1 Å². The molecule has 3 nitrogen and oxygen atoms in total. The van der Waals surface area contributed by atoms with Crippen LogP contribution in [0.25, 0.3) is 22.5 Å². The van der Waals surface area contributed by atoms with Gasteiger partial charge in [-0.15, -0.1) is 0 Å². The van der Waals surface area contributed by atoms with Crippen molar-refractivity contribution in [1.29, 1.82) is 0 Å². The van der Waals surface area contributed by atoms with E-state index in [4.69, 9.17) is 10.3 Å². The first-order valence-electron chi connectivity index (χ1n) is 5.93. The largest absolute Gasteiger partial charge is 0.380 e. The molecule has 5 heteroatoms. The minimum Gasteiger partial charge on any atom is -0.380 e. The van der Waals surface area contributed by atoms with Gasteiger partial charge in [-0.05, 0) is 30.3 Å². The number of hydrogen-bond donors (Lipinski definition) is 1. The van der Waals surface area contributed by atoms with Crippen LogP contribution >= 0.6 is 0 Å². The summed E-state index contributed by atoms with van der Waals surface area (Å²) in [6, 6.07) is 11.8. The van der Waals surface area contributed by atoms with Crippen molar-refractivity contribution in [3.8, 4) is 22.5 Å². The van der Waals surface area contributed by atoms with Gasteiger partial charge in [-0.2, -0.15) is 0 Å². The molecule has 1 heterocycles. The van der Waals surface area contributed by atoms with Gasteiger partial charge >= 0.3 is 0 Å². The summed E-state index contributed by atoms with van der Waals surface area (Å²) in [6.07, 6.45) is 0. The number of nitrogen functional groups attached to an aromatic ring is 1. The molecule has 0 aliphatic carbocycles. The Bertz CT molecular complexity index is 751. The number of rotatable bonds is 2. The van der Waals surface area contributed by atoms with Crippen molar-refractivity contribution in [2.75, 3.05) is 5.73 Å². The van der Waals surface area contributed by atoms with Gasteiger partial charge in [-0.1, -0.05) is 23.4 Å². The molecule has 0 amide bonds. The molecule has 0 aliphatic rings. The second kappa shape index (κ2) is 4.77. The molecule has 2 aromatic carbocycles. The maximum atomic E-state index is 13.9. The predicted molar refractivity (Wildman–Crippen MR) is 71.7 cm³/mol. The van der Waals surface area contributed by atoms with E-state index in [1.807, 2.05) is 0 Å². The monoisotopic (exact) mass is 272 g/mol. The Morgan fingerprint density at radius 3 is 2.35 bits per heavy atom. The molecule has 0 saturated heterocycles. The standard InChI is InChI=1S/C15H10F2N2O/c16-10-7-5-9(6-8-10)14-13(15(18)19-20-14)11-3-1-2-4-12(11)17/h1-8H,(H2,18,19). The first-order chi connectivity index (χ1) is 9.66. The van der Waals surface area contributed by atoms with E-state index in [-0.39, 0.29) is 11.6 Å². The van der Waals surface area contributed by atoms with Crippen LogP contribution in [0.2, 0.25) is 0 Å². The molecule has 0 atom stereocenters. The summed E-state index contributed by atoms with van der Waals surface area (Å²) in [4.78, 5) is 0. The van der Waals surface area contributed by atoms with Gasteiger partial charge in [0.1, 0.15) is 11.6 Å². The van der Waals surface area contributed by atoms with Gasteiger partial charge in [0.05, 0.1) is 5.56 Å². The quantitative estimate of drug-likeness (QED) is 0.770. The van der Waals surface area contributed by atoms with Gasteiger partial charge < -0.3 is 10.3 Å². The van der Waals surface area contributed by atoms with Gasteiger partial charge in [0.25, 0.3) is 0 Å². The highest BCUT2D eigenvalue weighted by atomic mass is 19.1. The molecule has 3 rings (SSSR count). The average Bonchev–Trinajstić information content (AvgIpc) is 2.82. The highest BCUT2D eigenvalue weighted by Crippen LogP contribution is 2.37. The van der Waals surface area contributed by atoms with Crippen molar-refractivity contribution >= 4 is 5.82 Å². The smallest absolute Gasteiger partial charge is 0.177 e. The van der Waals surface area contributed by atoms with Crippen LogP contribution in [0.3, 0.4) is 0 Å². The summed E-state index contributed by atoms with van der Waals surface area (Å²) in [6.45, 7) is 0. The fourth-order valence-corrected chi connectivity index (χ4v) is 2.02. The molecular weight excluding hydrogens is 262 g/mol. The molecule has 3 aromatic rings. The van der Waals surface area contributed by atoms with Crippen LogP contribution in [-0.4, -0.2) is 5.16 Å². The number of halogens is 2. The molecule has 0 fully saturated rings. The van der Waals surface area contributed by atoms with E-state index in [9.17, 15) is 8.78 Å². The van der Waals surface area contributed by atoms with Crippen LogP contribution < -0.4 is 5.73 Å². The van der Waals surface area contributed by atoms with Crippen LogP contribution in [-0.2, 0) is 0 Å². The lowest BCUT2D eigenvalue weighted by Gasteiger charge is -2.04. The Morgan fingerprint density at radius 2 is 1.65 bits per heavy atom. The number of nitrogens with two attached hydrogens (primary N) is 1. The van der Waals surface area contributed by atoms with Crippen molar-refractivity contribution in [3.05, 3.63) is 60.2 Å². The average molecular weight is 272 g/mol. The van der Waals surface area contributed by atoms with E-state index < -0.39 is 5.82 Å². The fourth-order valence-electron chi connectivity index (χ4n) is 2.02. The summed E-state index contributed by atoms with van der Waals surface area (Å²) >= 11 is 0. The molecule has 0 saturated carbocycles. The minimum absolute atomic E-state index is 0.0921. The van der Waals surface area contributed by atoms with E-state index in [0.717, 1.165) is 0 Å². The van der Waals surface area contributed by atoms with Crippen molar-refractivity contribution in [2.24, 2.45) is 0 Å². The molecule has 100 valence electrons. The summed E-state index contributed by atoms with van der Waals surface area (Å²) in [5, 5.41) is 3.68. The molecule has 2 N–H and O–H groups in total. The van der Waals surface area contributed by atoms with Gasteiger partial charge in [0, 0.05) is 11.1 Å². The zero-order valence-corrected chi connectivity index (χ0v) is 10.3. The maximum absolute atomic E-state index is 13.9. The minimum atomic E-state index is -0.425. The fraction of sp³-hybridized carbons (Fsp3) is 0. The molecule has 0 radical (unpaired) electrons. The molecule has 0 spiro atoms. The second-order valence-corrected chi connectivity index (χ2v) is 4.26. The number of nitrogens with zero attached hydrogens (tertiary/aromatic N) is 1. The molecule has 0 bridgehead atoms. The lowest BCUT2D eigenvalue weighted by Crippen LogP contribution is -1.91. The summed E-state index contributed by atoms with van der Waals surface area (Å²) in [5.41, 5.74) is 7.01. The third-order valence-corrected chi connectivity index (χ3v) is 2.97. The Kier molecular flexibility index (Phi) is 2.95. The maximum Gasteiger partial charge on any atom is 0.177 e. The van der Waals surface area contributed by atoms with Crippen LogP contribution in [0, 0.1) is 11.6 Å². The zero-order valence-electron chi connectivity index (χ0n) is 10.3. The van der Waals surface area contributed by atoms with Gasteiger partial charge in [0.2, 0.25) is 0 Å². The van der Waals surface area contributed by atoms with Gasteiger partial charge in [-0.3, -0.25) is 0 Å². The molecule has 1 aromatic heterocycles. The van der Waals surface area contributed by atoms with E-state index >= 15 is 0 Å². The van der Waals surface area contributed by atoms with Gasteiger partial charge in [0.15, 0.2) is 11.6 Å². The van der Waals surface area contributed by atoms with Crippen molar-refractivity contribution < 1.29 is 13.3 Å². The lowest BCUT2D eigenvalue weighted by atomic mass is 10.0. The van der Waals surface area contributed by atoms with E-state index in [2.05, 4.69) is 5.16 Å². The lowest BCUT2D eigenvalue weighted by molar-refractivity contribution is 0.436. The first-order valence-corrected chi connectivity index (χ1v) is 5.93. The van der Waals surface area contributed by atoms with Crippen molar-refractivity contribution in [2.45, 2.75) is 0 Å². The molecule has 0 unspecified atom stereocenters. The predicted octanol–water partition coefficient (Wildman–Crippen LogP) is 3.87. The number of hydrogen-bond acceptors (Lipinski definition) is 3. The molecule has 20 heavy (non-hydrogen) atoms. The van der Waals surface area contributed by atoms with E-state index in [1.165, 1.54) is 30.3 Å². The van der Waals surface area contributed by atoms with Crippen molar-refractivity contribution in [1.82, 2.24) is 5.16 Å². The topological polar surface area (TPSA) is 52.0 Å². The van der Waals surface area contributed by atoms with E-state index in [0.29, 0.717) is 22.5 Å². The molecule has 0 aliphatic heterocycles. The SMILES string of the molecule is Nc1noc(-c2ccc(F)cc2)c1-c1ccccc1F. The second-order valence-electron chi connectivity index (χ2n) is 4.26. The van der Waals surface area contributed by atoms with Crippen molar-refractivity contribution in [3.63, 3.8) is 0 Å². The van der Waals surface area contributed by atoms with Crippen LogP contribution in [0.4, 0.5) is 14.6 Å². The number of anilines is 1. The summed E-state index contributed by atoms with van der Waals surface area (Å²) in [7, 11) is 0. The first kappa shape index (κ1) is 12.3. The number of aromatic nitrogens is 1. The Hall–Kier alpha value is -2.69. The van der Waals surface area contributed by atoms with Gasteiger partial charge in [-0.25, -0.2) is 8.78 Å². The molecular formula is C15H10F2N2O. The normalized spacial score (nSPS) is 10.7. The zero-order chi connectivity index (χ0) is 14.1. The van der Waals surface area contributed by atoms with E-state index in [1.54, 1.807) is 18.2 Å². The third-order valence-electron chi connectivity index (χ3n) is 2.97. The highest BCUT2D eigenvalue weighted by Gasteiger charge is 2.20. The number of benzene rings is 2. The van der Waals surface area contributed by atoms with Crippen LogP contribution in [0.1, 0.15) is 0 Å². The Labute approximate surface area is 113 Å². The van der Waals surface area contributed by atoms with Crippen LogP contribution in [0.5, 0.6) is 0 Å². The summed E-state index contributed by atoms with van der Waals surface area (Å²) in [5.74, 6) is -0.388. The highest BCUT2D eigenvalue weighted by molar-refractivity contribution is 5.86.